The van der Waals surface area contributed by atoms with Crippen LogP contribution in [-0.2, 0) is 0 Å². The largest absolute Gasteiger partial charge is 0.315 e. The van der Waals surface area contributed by atoms with E-state index in [0.29, 0.717) is 5.54 Å². The van der Waals surface area contributed by atoms with Crippen molar-refractivity contribution in [3.63, 3.8) is 0 Å². The summed E-state index contributed by atoms with van der Waals surface area (Å²) in [6.45, 7) is 14.1. The van der Waals surface area contributed by atoms with Gasteiger partial charge in [0, 0.05) is 31.7 Å². The SMILES string of the molecule is CCC(C)(C)N(C)CCN1CCCNCC1. The molecular weight excluding hydrogens is 198 g/mol. The standard InChI is InChI=1S/C13H29N3/c1-5-13(2,3)15(4)11-12-16-9-6-7-14-8-10-16/h14H,5-12H2,1-4H3. The van der Waals surface area contributed by atoms with E-state index in [4.69, 9.17) is 0 Å². The fourth-order valence-corrected chi connectivity index (χ4v) is 1.99. The highest BCUT2D eigenvalue weighted by molar-refractivity contribution is 4.78. The van der Waals surface area contributed by atoms with E-state index < -0.39 is 0 Å². The van der Waals surface area contributed by atoms with E-state index >= 15 is 0 Å². The minimum atomic E-state index is 0.337. The van der Waals surface area contributed by atoms with Gasteiger partial charge in [0.05, 0.1) is 0 Å². The zero-order valence-electron chi connectivity index (χ0n) is 11.6. The first-order chi connectivity index (χ1) is 7.56. The second-order valence-electron chi connectivity index (χ2n) is 5.53. The zero-order valence-corrected chi connectivity index (χ0v) is 11.6. The summed E-state index contributed by atoms with van der Waals surface area (Å²) in [7, 11) is 2.25. The smallest absolute Gasteiger partial charge is 0.0148 e. The lowest BCUT2D eigenvalue weighted by Crippen LogP contribution is -2.45. The van der Waals surface area contributed by atoms with Crippen LogP contribution in [0.2, 0.25) is 0 Å². The predicted molar refractivity (Wildman–Crippen MR) is 70.9 cm³/mol. The number of likely N-dealkylation sites (N-methyl/N-ethyl adjacent to an activating group) is 1. The van der Waals surface area contributed by atoms with Gasteiger partial charge in [-0.25, -0.2) is 0 Å². The van der Waals surface area contributed by atoms with Crippen LogP contribution in [0.4, 0.5) is 0 Å². The van der Waals surface area contributed by atoms with Gasteiger partial charge in [-0.1, -0.05) is 6.92 Å². The van der Waals surface area contributed by atoms with Crippen molar-refractivity contribution in [1.29, 1.82) is 0 Å². The molecule has 0 saturated carbocycles. The fourth-order valence-electron chi connectivity index (χ4n) is 1.99. The minimum Gasteiger partial charge on any atom is -0.315 e. The first kappa shape index (κ1) is 13.9. The molecule has 0 aromatic carbocycles. The molecule has 1 N–H and O–H groups in total. The van der Waals surface area contributed by atoms with Crippen LogP contribution in [0, 0.1) is 0 Å². The van der Waals surface area contributed by atoms with Crippen LogP contribution in [0.1, 0.15) is 33.6 Å². The van der Waals surface area contributed by atoms with E-state index in [1.165, 1.54) is 45.6 Å². The molecule has 0 bridgehead atoms. The normalized spacial score (nSPS) is 20.1. The Morgan fingerprint density at radius 2 is 2.00 bits per heavy atom. The van der Waals surface area contributed by atoms with Crippen molar-refractivity contribution >= 4 is 0 Å². The highest BCUT2D eigenvalue weighted by Gasteiger charge is 2.21. The maximum absolute atomic E-state index is 3.45. The maximum atomic E-state index is 3.45. The van der Waals surface area contributed by atoms with E-state index in [0.717, 1.165) is 6.54 Å². The molecule has 1 fully saturated rings. The van der Waals surface area contributed by atoms with E-state index in [9.17, 15) is 0 Å². The Labute approximate surface area is 101 Å². The second kappa shape index (κ2) is 6.58. The van der Waals surface area contributed by atoms with Gasteiger partial charge in [-0.3, -0.25) is 4.90 Å². The molecule has 0 aliphatic carbocycles. The lowest BCUT2D eigenvalue weighted by molar-refractivity contribution is 0.129. The fraction of sp³-hybridized carbons (Fsp3) is 1.00. The van der Waals surface area contributed by atoms with Crippen LogP contribution < -0.4 is 5.32 Å². The molecule has 0 aromatic rings. The predicted octanol–water partition coefficient (Wildman–Crippen LogP) is 1.40. The Balaban J connectivity index is 2.27. The van der Waals surface area contributed by atoms with Crippen LogP contribution in [-0.4, -0.2) is 61.7 Å². The van der Waals surface area contributed by atoms with Crippen molar-refractivity contribution in [1.82, 2.24) is 15.1 Å². The Morgan fingerprint density at radius 1 is 1.25 bits per heavy atom. The Kier molecular flexibility index (Phi) is 5.73. The summed E-state index contributed by atoms with van der Waals surface area (Å²) in [5.41, 5.74) is 0.337. The number of nitrogens with one attached hydrogen (secondary N) is 1. The van der Waals surface area contributed by atoms with Gasteiger partial charge < -0.3 is 10.2 Å². The molecule has 16 heavy (non-hydrogen) atoms. The molecule has 96 valence electrons. The number of hydrogen-bond donors (Lipinski definition) is 1. The summed E-state index contributed by atoms with van der Waals surface area (Å²) in [6.07, 6.45) is 2.51. The molecule has 1 saturated heterocycles. The third-order valence-electron chi connectivity index (χ3n) is 4.08. The van der Waals surface area contributed by atoms with Crippen LogP contribution in [0.3, 0.4) is 0 Å². The zero-order chi connectivity index (χ0) is 12.0. The van der Waals surface area contributed by atoms with Gasteiger partial charge >= 0.3 is 0 Å². The molecule has 0 radical (unpaired) electrons. The van der Waals surface area contributed by atoms with Crippen LogP contribution in [0.5, 0.6) is 0 Å². The van der Waals surface area contributed by atoms with Gasteiger partial charge in [0.15, 0.2) is 0 Å². The Morgan fingerprint density at radius 3 is 2.69 bits per heavy atom. The van der Waals surface area contributed by atoms with Crippen molar-refractivity contribution in [2.24, 2.45) is 0 Å². The average molecular weight is 227 g/mol. The van der Waals surface area contributed by atoms with Crippen molar-refractivity contribution in [3.05, 3.63) is 0 Å². The summed E-state index contributed by atoms with van der Waals surface area (Å²) < 4.78 is 0. The topological polar surface area (TPSA) is 18.5 Å². The van der Waals surface area contributed by atoms with Gasteiger partial charge in [-0.05, 0) is 46.8 Å². The first-order valence-electron chi connectivity index (χ1n) is 6.70. The molecule has 0 amide bonds. The van der Waals surface area contributed by atoms with Crippen molar-refractivity contribution in [2.45, 2.75) is 39.2 Å². The molecular formula is C13H29N3. The van der Waals surface area contributed by atoms with E-state index in [1.807, 2.05) is 0 Å². The molecule has 0 atom stereocenters. The van der Waals surface area contributed by atoms with Gasteiger partial charge in [0.1, 0.15) is 0 Å². The molecule has 1 rings (SSSR count). The molecule has 1 aliphatic heterocycles. The summed E-state index contributed by atoms with van der Waals surface area (Å²) >= 11 is 0. The summed E-state index contributed by atoms with van der Waals surface area (Å²) in [6, 6.07) is 0. The minimum absolute atomic E-state index is 0.337. The molecule has 1 heterocycles. The van der Waals surface area contributed by atoms with Gasteiger partial charge in [-0.2, -0.15) is 0 Å². The highest BCUT2D eigenvalue weighted by atomic mass is 15.2. The van der Waals surface area contributed by atoms with Crippen LogP contribution in [0.25, 0.3) is 0 Å². The third kappa shape index (κ3) is 4.40. The number of rotatable bonds is 5. The molecule has 0 unspecified atom stereocenters. The number of hydrogen-bond acceptors (Lipinski definition) is 3. The van der Waals surface area contributed by atoms with Crippen molar-refractivity contribution in [2.75, 3.05) is 46.3 Å². The lowest BCUT2D eigenvalue weighted by Gasteiger charge is -2.36. The van der Waals surface area contributed by atoms with Gasteiger partial charge in [-0.15, -0.1) is 0 Å². The van der Waals surface area contributed by atoms with Crippen LogP contribution in [0.15, 0.2) is 0 Å². The lowest BCUT2D eigenvalue weighted by atomic mass is 10.0. The summed E-state index contributed by atoms with van der Waals surface area (Å²) in [5.74, 6) is 0. The van der Waals surface area contributed by atoms with Gasteiger partial charge in [0.2, 0.25) is 0 Å². The monoisotopic (exact) mass is 227 g/mol. The summed E-state index contributed by atoms with van der Waals surface area (Å²) in [4.78, 5) is 5.08. The molecule has 0 aromatic heterocycles. The third-order valence-corrected chi connectivity index (χ3v) is 4.08. The van der Waals surface area contributed by atoms with Crippen LogP contribution >= 0.6 is 0 Å². The van der Waals surface area contributed by atoms with E-state index in [-0.39, 0.29) is 0 Å². The molecule has 3 heteroatoms. The van der Waals surface area contributed by atoms with E-state index in [2.05, 4.69) is 42.9 Å². The highest BCUT2D eigenvalue weighted by Crippen LogP contribution is 2.15. The Bertz CT molecular complexity index is 184. The average Bonchev–Trinajstić information content (AvgIpc) is 2.54. The molecule has 0 spiro atoms. The van der Waals surface area contributed by atoms with Crippen molar-refractivity contribution < 1.29 is 0 Å². The molecule has 3 nitrogen and oxygen atoms in total. The molecule has 1 aliphatic rings. The van der Waals surface area contributed by atoms with E-state index in [1.54, 1.807) is 0 Å². The summed E-state index contributed by atoms with van der Waals surface area (Å²) in [5, 5.41) is 3.45. The second-order valence-corrected chi connectivity index (χ2v) is 5.53. The maximum Gasteiger partial charge on any atom is 0.0148 e. The quantitative estimate of drug-likeness (QED) is 0.766. The van der Waals surface area contributed by atoms with Crippen molar-refractivity contribution in [3.8, 4) is 0 Å². The first-order valence-corrected chi connectivity index (χ1v) is 6.70. The Hall–Kier alpha value is -0.120. The number of nitrogens with zero attached hydrogens (tertiary/aromatic N) is 2. The van der Waals surface area contributed by atoms with Gasteiger partial charge in [0.25, 0.3) is 0 Å².